The molecule has 3 heteroatoms. The lowest BCUT2D eigenvalue weighted by atomic mass is 10.3. The molecule has 11 heavy (non-hydrogen) atoms. The molecule has 0 fully saturated rings. The van der Waals surface area contributed by atoms with Crippen molar-refractivity contribution in [2.45, 2.75) is 0 Å². The summed E-state index contributed by atoms with van der Waals surface area (Å²) in [6.07, 6.45) is 0. The highest BCUT2D eigenvalue weighted by Gasteiger charge is 2.24. The van der Waals surface area contributed by atoms with E-state index in [-0.39, 0.29) is 4.65 Å². The average molecular weight is 150 g/mol. The minimum absolute atomic E-state index is 0.309. The van der Waals surface area contributed by atoms with Gasteiger partial charge in [0.05, 0.1) is 7.05 Å². The Morgan fingerprint density at radius 1 is 1.45 bits per heavy atom. The summed E-state index contributed by atoms with van der Waals surface area (Å²) in [5, 5.41) is 14.7. The number of anilines is 1. The Hall–Kier alpha value is -1.06. The van der Waals surface area contributed by atoms with Gasteiger partial charge in [0.2, 0.25) is 0 Å². The molecule has 1 aromatic rings. The minimum Gasteiger partial charge on any atom is -0.626 e. The van der Waals surface area contributed by atoms with E-state index in [1.54, 1.807) is 7.05 Å². The number of benzene rings is 1. The van der Waals surface area contributed by atoms with Crippen LogP contribution in [0.5, 0.6) is 0 Å². The molecule has 0 aliphatic carbocycles. The third-order valence-electron chi connectivity index (χ3n) is 1.98. The number of rotatable bonds is 0. The van der Waals surface area contributed by atoms with Gasteiger partial charge >= 0.3 is 0 Å². The van der Waals surface area contributed by atoms with E-state index in [4.69, 9.17) is 0 Å². The van der Waals surface area contributed by atoms with Gasteiger partial charge in [0.1, 0.15) is 5.69 Å². The zero-order valence-electron chi connectivity index (χ0n) is 6.37. The van der Waals surface area contributed by atoms with Crippen LogP contribution >= 0.6 is 0 Å². The number of hydrogen-bond acceptors (Lipinski definition) is 2. The number of hydroxylamine groups is 2. The molecule has 1 aliphatic rings. The molecule has 1 unspecified atom stereocenters. The molecule has 0 bridgehead atoms. The Morgan fingerprint density at radius 2 is 2.18 bits per heavy atom. The fourth-order valence-corrected chi connectivity index (χ4v) is 1.36. The highest BCUT2D eigenvalue weighted by molar-refractivity contribution is 5.71. The molecule has 0 amide bonds. The summed E-state index contributed by atoms with van der Waals surface area (Å²) in [7, 11) is 1.65. The van der Waals surface area contributed by atoms with Crippen molar-refractivity contribution in [1.82, 2.24) is 4.65 Å². The summed E-state index contributed by atoms with van der Waals surface area (Å²) in [5.74, 6) is 0. The summed E-state index contributed by atoms with van der Waals surface area (Å²) >= 11 is 0. The Bertz CT molecular complexity index is 283. The first-order valence-electron chi connectivity index (χ1n) is 3.60. The zero-order chi connectivity index (χ0) is 7.90. The molecule has 1 atom stereocenters. The lowest BCUT2D eigenvalue weighted by Gasteiger charge is -2.31. The molecule has 58 valence electrons. The average Bonchev–Trinajstić information content (AvgIpc) is 2.29. The van der Waals surface area contributed by atoms with Gasteiger partial charge in [-0.2, -0.15) is 0 Å². The van der Waals surface area contributed by atoms with Gasteiger partial charge in [0.25, 0.3) is 0 Å². The molecular formula is C8H10N2O. The van der Waals surface area contributed by atoms with Gasteiger partial charge in [-0.15, -0.1) is 0 Å². The van der Waals surface area contributed by atoms with Crippen LogP contribution in [0, 0.1) is 5.21 Å². The van der Waals surface area contributed by atoms with E-state index in [0.717, 1.165) is 11.4 Å². The molecule has 0 saturated heterocycles. The fourth-order valence-electron chi connectivity index (χ4n) is 1.36. The van der Waals surface area contributed by atoms with Crippen molar-refractivity contribution >= 4 is 11.4 Å². The number of para-hydroxylation sites is 2. The second-order valence-corrected chi connectivity index (χ2v) is 2.95. The van der Waals surface area contributed by atoms with Gasteiger partial charge in [-0.05, 0) is 6.07 Å². The van der Waals surface area contributed by atoms with Gasteiger partial charge in [-0.1, -0.05) is 12.1 Å². The van der Waals surface area contributed by atoms with Crippen LogP contribution in [-0.2, 0) is 0 Å². The first kappa shape index (κ1) is 6.64. The maximum atomic E-state index is 11.6. The monoisotopic (exact) mass is 150 g/mol. The van der Waals surface area contributed by atoms with Crippen LogP contribution in [0.2, 0.25) is 0 Å². The van der Waals surface area contributed by atoms with Gasteiger partial charge in [0, 0.05) is 6.07 Å². The summed E-state index contributed by atoms with van der Waals surface area (Å²) in [5.41, 5.74) is 1.79. The van der Waals surface area contributed by atoms with Crippen molar-refractivity contribution < 1.29 is 0 Å². The number of nitrogens with one attached hydrogen (secondary N) is 1. The number of nitrogens with zero attached hydrogens (tertiary/aromatic N) is 1. The first-order valence-corrected chi connectivity index (χ1v) is 3.60. The lowest BCUT2D eigenvalue weighted by molar-refractivity contribution is 0.501. The molecule has 1 aromatic carbocycles. The second-order valence-electron chi connectivity index (χ2n) is 2.95. The van der Waals surface area contributed by atoms with E-state index < -0.39 is 0 Å². The second kappa shape index (κ2) is 1.96. The smallest absolute Gasteiger partial charge is 0.157 e. The van der Waals surface area contributed by atoms with Gasteiger partial charge in [-0.25, -0.2) is 0 Å². The Morgan fingerprint density at radius 3 is 2.91 bits per heavy atom. The third kappa shape index (κ3) is 0.895. The summed E-state index contributed by atoms with van der Waals surface area (Å²) in [6, 6.07) is 7.61. The van der Waals surface area contributed by atoms with Crippen LogP contribution in [0.25, 0.3) is 0 Å². The Kier molecular flexibility index (Phi) is 1.19. The number of quaternary nitrogens is 1. The van der Waals surface area contributed by atoms with E-state index in [0.29, 0.717) is 6.67 Å². The van der Waals surface area contributed by atoms with Crippen LogP contribution in [0.4, 0.5) is 11.4 Å². The summed E-state index contributed by atoms with van der Waals surface area (Å²) in [6.45, 7) is 0.444. The Labute approximate surface area is 65.4 Å². The highest BCUT2D eigenvalue weighted by Crippen LogP contribution is 2.33. The molecule has 0 radical (unpaired) electrons. The van der Waals surface area contributed by atoms with Crippen molar-refractivity contribution in [3.63, 3.8) is 0 Å². The molecule has 1 N–H and O–H groups in total. The topological polar surface area (TPSA) is 35.1 Å². The zero-order valence-corrected chi connectivity index (χ0v) is 6.37. The van der Waals surface area contributed by atoms with Crippen LogP contribution in [0.1, 0.15) is 0 Å². The van der Waals surface area contributed by atoms with Crippen molar-refractivity contribution in [3.8, 4) is 0 Å². The van der Waals surface area contributed by atoms with Crippen molar-refractivity contribution in [1.29, 1.82) is 0 Å². The van der Waals surface area contributed by atoms with Gasteiger partial charge < -0.3 is 15.2 Å². The molecule has 3 nitrogen and oxygen atoms in total. The molecule has 1 aliphatic heterocycles. The quantitative estimate of drug-likeness (QED) is 0.449. The maximum absolute atomic E-state index is 11.6. The van der Waals surface area contributed by atoms with E-state index >= 15 is 0 Å². The highest BCUT2D eigenvalue weighted by atomic mass is 16.5. The fraction of sp³-hybridized carbons (Fsp3) is 0.250. The van der Waals surface area contributed by atoms with Crippen LogP contribution in [0.15, 0.2) is 24.3 Å². The standard InChI is InChI=1S/C8H10N2O/c1-10(11)6-9-7-4-2-3-5-8(7)10/h2-5,9H,6H2,1H3. The minimum atomic E-state index is -0.309. The third-order valence-corrected chi connectivity index (χ3v) is 1.98. The first-order chi connectivity index (χ1) is 5.20. The van der Waals surface area contributed by atoms with Crippen LogP contribution < -0.4 is 9.96 Å². The molecular weight excluding hydrogens is 140 g/mol. The van der Waals surface area contributed by atoms with E-state index in [9.17, 15) is 5.21 Å². The molecule has 1 heterocycles. The summed E-state index contributed by atoms with van der Waals surface area (Å²) in [4.78, 5) is 0. The van der Waals surface area contributed by atoms with E-state index in [1.807, 2.05) is 24.3 Å². The number of hydrogen-bond donors (Lipinski definition) is 1. The Balaban J connectivity index is 2.56. The molecule has 0 aromatic heterocycles. The normalized spacial score (nSPS) is 27.8. The predicted molar refractivity (Wildman–Crippen MR) is 46.0 cm³/mol. The van der Waals surface area contributed by atoms with Crippen molar-refractivity contribution in [2.24, 2.45) is 0 Å². The van der Waals surface area contributed by atoms with E-state index in [2.05, 4.69) is 5.32 Å². The predicted octanol–water partition coefficient (Wildman–Crippen LogP) is 1.50. The van der Waals surface area contributed by atoms with E-state index in [1.165, 1.54) is 0 Å². The van der Waals surface area contributed by atoms with Gasteiger partial charge in [-0.3, -0.25) is 0 Å². The lowest BCUT2D eigenvalue weighted by Crippen LogP contribution is -2.37. The van der Waals surface area contributed by atoms with Crippen LogP contribution in [-0.4, -0.2) is 13.7 Å². The van der Waals surface area contributed by atoms with Crippen molar-refractivity contribution in [3.05, 3.63) is 29.5 Å². The summed E-state index contributed by atoms with van der Waals surface area (Å²) < 4.78 is -0.309. The van der Waals surface area contributed by atoms with Crippen LogP contribution in [0.3, 0.4) is 0 Å². The van der Waals surface area contributed by atoms with Crippen molar-refractivity contribution in [2.75, 3.05) is 19.0 Å². The van der Waals surface area contributed by atoms with Gasteiger partial charge in [0.15, 0.2) is 12.4 Å². The molecule has 0 spiro atoms. The molecule has 0 saturated carbocycles. The maximum Gasteiger partial charge on any atom is 0.157 e. The SMILES string of the molecule is C[N+]1([O-])CNc2ccccc21. The molecule has 2 rings (SSSR count). The number of fused-ring (bicyclic) bond motifs is 1. The largest absolute Gasteiger partial charge is 0.626 e.